The van der Waals surface area contributed by atoms with Crippen LogP contribution < -0.4 is 10.0 Å². The summed E-state index contributed by atoms with van der Waals surface area (Å²) in [5, 5.41) is 16.6. The second kappa shape index (κ2) is 11.4. The number of nitriles is 1. The highest BCUT2D eigenvalue weighted by atomic mass is 35.5. The number of allylic oxidation sites excluding steroid dienone is 3. The predicted octanol–water partition coefficient (Wildman–Crippen LogP) is 6.30. The molecule has 1 atom stereocenters. The van der Waals surface area contributed by atoms with E-state index in [9.17, 15) is 18.5 Å². The third-order valence-electron chi connectivity index (χ3n) is 6.93. The zero-order valence-electron chi connectivity index (χ0n) is 21.2. The maximum Gasteiger partial charge on any atom is 0.238 e. The minimum Gasteiger partial charge on any atom is -0.298 e. The summed E-state index contributed by atoms with van der Waals surface area (Å²) in [6.07, 6.45) is 3.75. The number of nitrogens with zero attached hydrogens (tertiary/aromatic N) is 3. The highest BCUT2D eigenvalue weighted by molar-refractivity contribution is 7.89. The van der Waals surface area contributed by atoms with Crippen molar-refractivity contribution in [2.75, 3.05) is 4.90 Å². The fourth-order valence-corrected chi connectivity index (χ4v) is 6.16. The lowest BCUT2D eigenvalue weighted by Crippen LogP contribution is -2.35. The third kappa shape index (κ3) is 5.47. The van der Waals surface area contributed by atoms with Crippen molar-refractivity contribution in [2.24, 2.45) is 10.1 Å². The summed E-state index contributed by atoms with van der Waals surface area (Å²) in [5.74, 6) is -0.476. The van der Waals surface area contributed by atoms with Gasteiger partial charge in [0.1, 0.15) is 0 Å². The number of ketones is 1. The van der Waals surface area contributed by atoms with Gasteiger partial charge in [-0.15, -0.1) is 0 Å². The van der Waals surface area contributed by atoms with Crippen molar-refractivity contribution < 1.29 is 13.2 Å². The van der Waals surface area contributed by atoms with Crippen LogP contribution in [-0.4, -0.2) is 20.4 Å². The van der Waals surface area contributed by atoms with Crippen LogP contribution in [0.25, 0.3) is 0 Å². The van der Waals surface area contributed by atoms with Gasteiger partial charge in [-0.25, -0.2) is 18.5 Å². The van der Waals surface area contributed by atoms with Crippen LogP contribution in [0.3, 0.4) is 0 Å². The number of benzene rings is 3. The van der Waals surface area contributed by atoms with Gasteiger partial charge in [-0.2, -0.15) is 5.26 Å². The van der Waals surface area contributed by atoms with Gasteiger partial charge < -0.3 is 0 Å². The van der Waals surface area contributed by atoms with Crippen molar-refractivity contribution in [3.05, 3.63) is 117 Å². The molecule has 40 heavy (non-hydrogen) atoms. The molecular formula is C30H24Cl2N4O3S. The quantitative estimate of drug-likeness (QED) is 0.338. The number of rotatable bonds is 6. The summed E-state index contributed by atoms with van der Waals surface area (Å²) < 4.78 is 23.8. The number of primary sulfonamides is 1. The third-order valence-corrected chi connectivity index (χ3v) is 8.42. The fraction of sp³-hybridized carbons (Fsp3) is 0.167. The molecule has 7 nitrogen and oxygen atoms in total. The zero-order chi connectivity index (χ0) is 28.4. The molecule has 0 amide bonds. The molecule has 0 bridgehead atoms. The Kier molecular flexibility index (Phi) is 7.92. The highest BCUT2D eigenvalue weighted by Crippen LogP contribution is 2.49. The van der Waals surface area contributed by atoms with Gasteiger partial charge in [0.25, 0.3) is 0 Å². The first-order valence-electron chi connectivity index (χ1n) is 12.5. The Morgan fingerprint density at radius 2 is 1.77 bits per heavy atom. The number of nitrogens with two attached hydrogens (primary N) is 1. The molecule has 0 radical (unpaired) electrons. The van der Waals surface area contributed by atoms with Crippen LogP contribution >= 0.6 is 23.2 Å². The molecule has 1 heterocycles. The molecule has 1 aliphatic carbocycles. The number of anilines is 1. The van der Waals surface area contributed by atoms with Gasteiger partial charge in [0.15, 0.2) is 11.6 Å². The van der Waals surface area contributed by atoms with E-state index in [1.807, 2.05) is 30.3 Å². The monoisotopic (exact) mass is 590 g/mol. The Labute approximate surface area is 242 Å². The minimum absolute atomic E-state index is 0.0494. The smallest absolute Gasteiger partial charge is 0.238 e. The molecule has 1 unspecified atom stereocenters. The number of carbonyl (C=O) groups is 1. The first-order valence-corrected chi connectivity index (χ1v) is 14.8. The molecule has 0 saturated heterocycles. The van der Waals surface area contributed by atoms with Gasteiger partial charge in [-0.05, 0) is 60.4 Å². The molecule has 2 N–H and O–H groups in total. The molecule has 202 valence electrons. The normalized spacial score (nSPS) is 17.8. The van der Waals surface area contributed by atoms with Crippen LogP contribution in [0.5, 0.6) is 0 Å². The van der Waals surface area contributed by atoms with Crippen LogP contribution in [0.15, 0.2) is 105 Å². The summed E-state index contributed by atoms with van der Waals surface area (Å²) in [4.78, 5) is 20.0. The number of carbonyl (C=O) groups excluding carboxylic acids is 1. The Hall–Kier alpha value is -3.74. The van der Waals surface area contributed by atoms with E-state index in [1.165, 1.54) is 12.1 Å². The number of hydrogen-bond acceptors (Lipinski definition) is 6. The van der Waals surface area contributed by atoms with E-state index in [1.54, 1.807) is 41.4 Å². The Morgan fingerprint density at radius 3 is 2.42 bits per heavy atom. The lowest BCUT2D eigenvalue weighted by Gasteiger charge is -2.39. The van der Waals surface area contributed by atoms with Crippen LogP contribution in [0.2, 0.25) is 10.0 Å². The molecule has 3 aromatic rings. The summed E-state index contributed by atoms with van der Waals surface area (Å²) in [6.45, 7) is 0. The van der Waals surface area contributed by atoms with Crippen molar-refractivity contribution in [3.63, 3.8) is 0 Å². The van der Waals surface area contributed by atoms with Crippen molar-refractivity contribution >= 4 is 50.9 Å². The summed E-state index contributed by atoms with van der Waals surface area (Å²) in [5.41, 5.74) is 3.60. The summed E-state index contributed by atoms with van der Waals surface area (Å²) >= 11 is 12.8. The molecule has 0 saturated carbocycles. The van der Waals surface area contributed by atoms with Crippen LogP contribution in [0, 0.1) is 11.3 Å². The zero-order valence-corrected chi connectivity index (χ0v) is 23.5. The summed E-state index contributed by atoms with van der Waals surface area (Å²) in [7, 11) is -3.91. The van der Waals surface area contributed by atoms with Gasteiger partial charge >= 0.3 is 0 Å². The van der Waals surface area contributed by atoms with E-state index in [0.29, 0.717) is 64.1 Å². The van der Waals surface area contributed by atoms with Crippen molar-refractivity contribution in [1.29, 1.82) is 5.26 Å². The second-order valence-corrected chi connectivity index (χ2v) is 11.9. The minimum atomic E-state index is -3.91. The number of aliphatic imine (C=N–C) groups is 1. The van der Waals surface area contributed by atoms with E-state index in [0.717, 1.165) is 5.56 Å². The highest BCUT2D eigenvalue weighted by Gasteiger charge is 2.41. The standard InChI is InChI=1S/C30H24Cl2N4O3S/c31-20-9-14-23(25(32)17-20)28-24(18-33)30(35-16-15-19-5-2-1-3-6-19)36(26-7-4-8-27(37)29(26)28)21-10-12-22(13-11-21)40(34,38)39/h1-3,5-6,9-14,16-17,28H,4,7-8,15H2,(H2,34,38,39)/b35-16+. The Morgan fingerprint density at radius 1 is 1.05 bits per heavy atom. The SMILES string of the molecule is N#CC1=C(/N=C/Cc2ccccc2)N(c2ccc(S(N)(=O)=O)cc2)C2=C(C(=O)CCC2)C1c1ccc(Cl)cc1Cl. The number of sulfonamides is 1. The van der Waals surface area contributed by atoms with Gasteiger partial charge in [0, 0.05) is 46.1 Å². The van der Waals surface area contributed by atoms with E-state index >= 15 is 0 Å². The Balaban J connectivity index is 1.73. The average molecular weight is 592 g/mol. The molecule has 2 aliphatic rings. The lowest BCUT2D eigenvalue weighted by atomic mass is 9.75. The molecule has 0 fully saturated rings. The van der Waals surface area contributed by atoms with Gasteiger partial charge in [-0.1, -0.05) is 59.6 Å². The second-order valence-electron chi connectivity index (χ2n) is 9.46. The van der Waals surface area contributed by atoms with Crippen LogP contribution in [-0.2, 0) is 21.2 Å². The fourth-order valence-electron chi connectivity index (χ4n) is 5.13. The molecule has 0 aromatic heterocycles. The van der Waals surface area contributed by atoms with E-state index < -0.39 is 15.9 Å². The topological polar surface area (TPSA) is 117 Å². The largest absolute Gasteiger partial charge is 0.298 e. The van der Waals surface area contributed by atoms with Crippen molar-refractivity contribution in [3.8, 4) is 6.07 Å². The molecule has 3 aromatic carbocycles. The molecular weight excluding hydrogens is 567 g/mol. The van der Waals surface area contributed by atoms with Gasteiger partial charge in [0.05, 0.1) is 22.5 Å². The van der Waals surface area contributed by atoms with Crippen LogP contribution in [0.1, 0.15) is 36.3 Å². The summed E-state index contributed by atoms with van der Waals surface area (Å²) in [6, 6.07) is 23.1. The predicted molar refractivity (Wildman–Crippen MR) is 157 cm³/mol. The maximum absolute atomic E-state index is 13.5. The van der Waals surface area contributed by atoms with Crippen molar-refractivity contribution in [1.82, 2.24) is 0 Å². The maximum atomic E-state index is 13.5. The van der Waals surface area contributed by atoms with Crippen molar-refractivity contribution in [2.45, 2.75) is 36.5 Å². The van der Waals surface area contributed by atoms with Gasteiger partial charge in [-0.3, -0.25) is 9.69 Å². The first kappa shape index (κ1) is 27.8. The molecule has 10 heteroatoms. The Bertz CT molecular complexity index is 1720. The molecule has 0 spiro atoms. The number of Topliss-reactive ketones (excluding diaryl/α,β-unsaturated/α-hetero) is 1. The van der Waals surface area contributed by atoms with E-state index in [2.05, 4.69) is 6.07 Å². The lowest BCUT2D eigenvalue weighted by molar-refractivity contribution is -0.116. The molecule has 5 rings (SSSR count). The molecule has 1 aliphatic heterocycles. The van der Waals surface area contributed by atoms with E-state index in [4.69, 9.17) is 33.3 Å². The number of halogens is 2. The first-order chi connectivity index (χ1) is 19.2. The average Bonchev–Trinajstić information content (AvgIpc) is 2.93. The van der Waals surface area contributed by atoms with Crippen LogP contribution in [0.4, 0.5) is 5.69 Å². The van der Waals surface area contributed by atoms with E-state index in [-0.39, 0.29) is 16.3 Å². The van der Waals surface area contributed by atoms with Gasteiger partial charge in [0.2, 0.25) is 10.0 Å². The number of hydrogen-bond donors (Lipinski definition) is 1.